The van der Waals surface area contributed by atoms with Crippen LogP contribution in [0.5, 0.6) is 0 Å². The van der Waals surface area contributed by atoms with E-state index in [1.54, 1.807) is 4.90 Å². The molecule has 0 radical (unpaired) electrons. The Morgan fingerprint density at radius 1 is 1.14 bits per heavy atom. The van der Waals surface area contributed by atoms with Crippen LogP contribution in [0.3, 0.4) is 0 Å². The lowest BCUT2D eigenvalue weighted by molar-refractivity contribution is -0.121. The topological polar surface area (TPSA) is 62.3 Å². The lowest BCUT2D eigenvalue weighted by Gasteiger charge is -2.31. The van der Waals surface area contributed by atoms with Crippen LogP contribution in [0.4, 0.5) is 9.52 Å². The highest BCUT2D eigenvalue weighted by molar-refractivity contribution is 7.22. The number of amides is 2. The van der Waals surface area contributed by atoms with Gasteiger partial charge in [-0.2, -0.15) is 0 Å². The summed E-state index contributed by atoms with van der Waals surface area (Å²) >= 11 is 1.48. The van der Waals surface area contributed by atoms with Crippen molar-refractivity contribution < 1.29 is 14.0 Å². The van der Waals surface area contributed by atoms with Gasteiger partial charge in [-0.3, -0.25) is 9.59 Å². The third kappa shape index (κ3) is 4.15. The summed E-state index contributed by atoms with van der Waals surface area (Å²) in [5.74, 6) is -0.688. The van der Waals surface area contributed by atoms with Crippen LogP contribution in [0.15, 0.2) is 36.4 Å². The van der Waals surface area contributed by atoms with Gasteiger partial charge in [0, 0.05) is 24.6 Å². The number of nitrogens with one attached hydrogen (secondary N) is 1. The minimum atomic E-state index is -0.364. The number of nitrogens with zero attached hydrogens (tertiary/aromatic N) is 2. The van der Waals surface area contributed by atoms with Gasteiger partial charge in [-0.25, -0.2) is 9.37 Å². The molecule has 1 aromatic heterocycles. The molecule has 0 aliphatic carbocycles. The van der Waals surface area contributed by atoms with Crippen molar-refractivity contribution in [2.75, 3.05) is 18.4 Å². The van der Waals surface area contributed by atoms with Gasteiger partial charge in [-0.1, -0.05) is 17.4 Å². The number of aryl methyl sites for hydroxylation is 2. The number of rotatable bonds is 3. The van der Waals surface area contributed by atoms with Gasteiger partial charge >= 0.3 is 0 Å². The van der Waals surface area contributed by atoms with Crippen LogP contribution >= 0.6 is 11.3 Å². The standard InChI is InChI=1S/C22H22FN3O2S/c1-13-11-14(2)19-18(12-13)29-22(24-19)25-20(27)15-7-9-26(10-8-15)21(28)16-3-5-17(23)6-4-16/h3-6,11-12,15H,7-10H2,1-2H3,(H,24,25,27). The number of hydrogen-bond donors (Lipinski definition) is 1. The van der Waals surface area contributed by atoms with E-state index in [4.69, 9.17) is 0 Å². The molecule has 0 atom stereocenters. The minimum absolute atomic E-state index is 0.0488. The van der Waals surface area contributed by atoms with Gasteiger partial charge in [-0.15, -0.1) is 0 Å². The molecule has 1 aliphatic heterocycles. The summed E-state index contributed by atoms with van der Waals surface area (Å²) in [5, 5.41) is 3.57. The van der Waals surface area contributed by atoms with Crippen LogP contribution in [0.25, 0.3) is 10.2 Å². The molecule has 0 saturated carbocycles. The summed E-state index contributed by atoms with van der Waals surface area (Å²) in [4.78, 5) is 31.5. The predicted octanol–water partition coefficient (Wildman–Crippen LogP) is 4.54. The van der Waals surface area contributed by atoms with E-state index in [9.17, 15) is 14.0 Å². The third-order valence-corrected chi connectivity index (χ3v) is 6.22. The monoisotopic (exact) mass is 411 g/mol. The predicted molar refractivity (Wildman–Crippen MR) is 113 cm³/mol. The number of halogens is 1. The minimum Gasteiger partial charge on any atom is -0.339 e. The Labute approximate surface area is 172 Å². The number of benzene rings is 2. The number of piperidine rings is 1. The molecule has 2 aromatic carbocycles. The molecule has 4 rings (SSSR count). The van der Waals surface area contributed by atoms with Crippen molar-refractivity contribution in [1.82, 2.24) is 9.88 Å². The first-order valence-corrected chi connectivity index (χ1v) is 10.5. The van der Waals surface area contributed by atoms with Crippen molar-refractivity contribution in [2.45, 2.75) is 26.7 Å². The van der Waals surface area contributed by atoms with Gasteiger partial charge in [0.25, 0.3) is 5.91 Å². The Balaban J connectivity index is 1.37. The van der Waals surface area contributed by atoms with E-state index in [2.05, 4.69) is 22.4 Å². The van der Waals surface area contributed by atoms with E-state index in [-0.39, 0.29) is 23.5 Å². The second kappa shape index (κ2) is 7.91. The lowest BCUT2D eigenvalue weighted by Crippen LogP contribution is -2.41. The van der Waals surface area contributed by atoms with E-state index in [0.717, 1.165) is 15.8 Å². The normalized spacial score (nSPS) is 14.9. The van der Waals surface area contributed by atoms with Gasteiger partial charge in [0.05, 0.1) is 10.2 Å². The lowest BCUT2D eigenvalue weighted by atomic mass is 9.95. The zero-order chi connectivity index (χ0) is 20.5. The number of hydrogen-bond acceptors (Lipinski definition) is 4. The summed E-state index contributed by atoms with van der Waals surface area (Å²) in [5.41, 5.74) is 3.67. The molecule has 0 spiro atoms. The van der Waals surface area contributed by atoms with Crippen LogP contribution in [0.1, 0.15) is 34.3 Å². The largest absolute Gasteiger partial charge is 0.339 e. The van der Waals surface area contributed by atoms with Crippen molar-refractivity contribution in [3.63, 3.8) is 0 Å². The highest BCUT2D eigenvalue weighted by atomic mass is 32.1. The summed E-state index contributed by atoms with van der Waals surface area (Å²) < 4.78 is 14.1. The molecule has 1 saturated heterocycles. The summed E-state index contributed by atoms with van der Waals surface area (Å²) in [6.07, 6.45) is 1.20. The maximum atomic E-state index is 13.0. The van der Waals surface area contributed by atoms with Crippen molar-refractivity contribution >= 4 is 38.5 Å². The molecular weight excluding hydrogens is 389 g/mol. The van der Waals surface area contributed by atoms with Gasteiger partial charge in [-0.05, 0) is 68.1 Å². The molecule has 3 aromatic rings. The summed E-state index contributed by atoms with van der Waals surface area (Å²) in [6, 6.07) is 9.72. The number of carbonyl (C=O) groups is 2. The Kier molecular flexibility index (Phi) is 5.32. The van der Waals surface area contributed by atoms with Crippen LogP contribution in [-0.4, -0.2) is 34.8 Å². The number of thiazole rings is 1. The fraction of sp³-hybridized carbons (Fsp3) is 0.318. The van der Waals surface area contributed by atoms with Gasteiger partial charge in [0.15, 0.2) is 5.13 Å². The van der Waals surface area contributed by atoms with Crippen molar-refractivity contribution in [3.05, 3.63) is 58.9 Å². The number of carbonyl (C=O) groups excluding carboxylic acids is 2. The number of fused-ring (bicyclic) bond motifs is 1. The SMILES string of the molecule is Cc1cc(C)c2nc(NC(=O)C3CCN(C(=O)c4ccc(F)cc4)CC3)sc2c1. The fourth-order valence-electron chi connectivity index (χ4n) is 3.75. The molecular formula is C22H22FN3O2S. The maximum Gasteiger partial charge on any atom is 0.253 e. The molecule has 5 nitrogen and oxygen atoms in total. The third-order valence-electron chi connectivity index (χ3n) is 5.30. The Morgan fingerprint density at radius 2 is 1.83 bits per heavy atom. The van der Waals surface area contributed by atoms with E-state index in [1.165, 1.54) is 41.2 Å². The van der Waals surface area contributed by atoms with Crippen LogP contribution < -0.4 is 5.32 Å². The highest BCUT2D eigenvalue weighted by Crippen LogP contribution is 2.30. The van der Waals surface area contributed by atoms with Gasteiger partial charge < -0.3 is 10.2 Å². The maximum absolute atomic E-state index is 13.0. The first-order valence-electron chi connectivity index (χ1n) is 9.64. The molecule has 150 valence electrons. The second-order valence-electron chi connectivity index (χ2n) is 7.51. The second-order valence-corrected chi connectivity index (χ2v) is 8.54. The Morgan fingerprint density at radius 3 is 2.52 bits per heavy atom. The van der Waals surface area contributed by atoms with Gasteiger partial charge in [0.1, 0.15) is 5.82 Å². The van der Waals surface area contributed by atoms with Crippen LogP contribution in [0, 0.1) is 25.6 Å². The Bertz CT molecular complexity index is 1070. The van der Waals surface area contributed by atoms with Crippen molar-refractivity contribution in [3.8, 4) is 0 Å². The average Bonchev–Trinajstić information content (AvgIpc) is 3.10. The smallest absolute Gasteiger partial charge is 0.253 e. The molecule has 2 heterocycles. The van der Waals surface area contributed by atoms with Crippen LogP contribution in [0.2, 0.25) is 0 Å². The molecule has 1 aliphatic rings. The quantitative estimate of drug-likeness (QED) is 0.688. The molecule has 0 bridgehead atoms. The van der Waals surface area contributed by atoms with Crippen molar-refractivity contribution in [1.29, 1.82) is 0 Å². The Hall–Kier alpha value is -2.80. The molecule has 0 unspecified atom stereocenters. The fourth-order valence-corrected chi connectivity index (χ4v) is 4.80. The van der Waals surface area contributed by atoms with E-state index >= 15 is 0 Å². The molecule has 2 amide bonds. The molecule has 1 N–H and O–H groups in total. The molecule has 1 fully saturated rings. The number of aromatic nitrogens is 1. The first kappa shape index (κ1) is 19.5. The highest BCUT2D eigenvalue weighted by Gasteiger charge is 2.28. The average molecular weight is 412 g/mol. The number of likely N-dealkylation sites (tertiary alicyclic amines) is 1. The van der Waals surface area contributed by atoms with Crippen LogP contribution in [-0.2, 0) is 4.79 Å². The van der Waals surface area contributed by atoms with E-state index in [1.807, 2.05) is 13.8 Å². The summed E-state index contributed by atoms with van der Waals surface area (Å²) in [7, 11) is 0. The number of anilines is 1. The van der Waals surface area contributed by atoms with E-state index < -0.39 is 0 Å². The molecule has 7 heteroatoms. The van der Waals surface area contributed by atoms with E-state index in [0.29, 0.717) is 36.6 Å². The van der Waals surface area contributed by atoms with Crippen molar-refractivity contribution in [2.24, 2.45) is 5.92 Å². The zero-order valence-electron chi connectivity index (χ0n) is 16.4. The molecule has 29 heavy (non-hydrogen) atoms. The summed E-state index contributed by atoms with van der Waals surface area (Å²) in [6.45, 7) is 5.08. The zero-order valence-corrected chi connectivity index (χ0v) is 17.2. The first-order chi connectivity index (χ1) is 13.9. The van der Waals surface area contributed by atoms with Gasteiger partial charge in [0.2, 0.25) is 5.91 Å².